The van der Waals surface area contributed by atoms with E-state index >= 15 is 0 Å². The van der Waals surface area contributed by atoms with E-state index < -0.39 is 11.9 Å². The zero-order valence-electron chi connectivity index (χ0n) is 31.6. The Kier molecular flexibility index (Phi) is 27.1. The molecule has 0 atom stereocenters. The summed E-state index contributed by atoms with van der Waals surface area (Å²) < 4.78 is 5.44. The van der Waals surface area contributed by atoms with Crippen molar-refractivity contribution in [2.75, 3.05) is 19.7 Å². The van der Waals surface area contributed by atoms with Gasteiger partial charge in [-0.25, -0.2) is 4.79 Å². The predicted molar refractivity (Wildman–Crippen MR) is 204 cm³/mol. The standard InChI is InChI=1S/C42H68N2O6/c1-35(2)25-24-26-36(3)31-34-50-42(49)38-28-21-20-27-37(38)41(48)44-33-23-17-13-9-4-6-10-14-18-29-39(45)43-32-22-16-12-8-5-7-11-15-19-30-40(46)47/h20-21,25,27-28,31H,4-19,22-24,26,29-30,32-34H2,1-3H3,(H,43,45)(H,44,48)(H,46,47)/b36-31+. The quantitative estimate of drug-likeness (QED) is 0.0404. The minimum atomic E-state index is -0.697. The minimum absolute atomic E-state index is 0.172. The molecule has 1 aromatic rings. The molecule has 0 saturated heterocycles. The SMILES string of the molecule is CC(C)=CCC/C(C)=C/COC(=O)c1ccccc1C(=O)NCCCCCCCCCCCC(=O)NCCCCCCCCCCCC(=O)O. The Morgan fingerprint density at radius 2 is 1.08 bits per heavy atom. The molecule has 0 aliphatic carbocycles. The molecule has 50 heavy (non-hydrogen) atoms. The van der Waals surface area contributed by atoms with Crippen LogP contribution < -0.4 is 10.6 Å². The first kappa shape index (κ1) is 44.6. The summed E-state index contributed by atoms with van der Waals surface area (Å²) in [4.78, 5) is 48.1. The van der Waals surface area contributed by atoms with Crippen molar-refractivity contribution in [3.63, 3.8) is 0 Å². The van der Waals surface area contributed by atoms with Crippen molar-refractivity contribution >= 4 is 23.8 Å². The van der Waals surface area contributed by atoms with Crippen LogP contribution in [0.2, 0.25) is 0 Å². The molecule has 0 aliphatic rings. The maximum Gasteiger partial charge on any atom is 0.339 e. The van der Waals surface area contributed by atoms with Gasteiger partial charge in [0.2, 0.25) is 5.91 Å². The maximum absolute atomic E-state index is 12.8. The van der Waals surface area contributed by atoms with E-state index in [1.54, 1.807) is 24.3 Å². The number of esters is 1. The molecule has 1 aromatic carbocycles. The molecule has 0 aliphatic heterocycles. The number of unbranched alkanes of at least 4 members (excludes halogenated alkanes) is 16. The van der Waals surface area contributed by atoms with Gasteiger partial charge in [0.15, 0.2) is 0 Å². The van der Waals surface area contributed by atoms with Gasteiger partial charge in [0, 0.05) is 25.9 Å². The van der Waals surface area contributed by atoms with E-state index in [4.69, 9.17) is 9.84 Å². The van der Waals surface area contributed by atoms with Gasteiger partial charge in [0.05, 0.1) is 11.1 Å². The summed E-state index contributed by atoms with van der Waals surface area (Å²) in [5.41, 5.74) is 3.10. The van der Waals surface area contributed by atoms with Crippen molar-refractivity contribution in [3.05, 3.63) is 58.7 Å². The Morgan fingerprint density at radius 3 is 1.62 bits per heavy atom. The van der Waals surface area contributed by atoms with Crippen LogP contribution in [0.1, 0.15) is 183 Å². The number of hydrogen-bond donors (Lipinski definition) is 3. The van der Waals surface area contributed by atoms with Gasteiger partial charge in [-0.2, -0.15) is 0 Å². The normalized spacial score (nSPS) is 11.2. The Bertz CT molecular complexity index is 1150. The topological polar surface area (TPSA) is 122 Å². The van der Waals surface area contributed by atoms with E-state index in [-0.39, 0.29) is 24.8 Å². The summed E-state index contributed by atoms with van der Waals surface area (Å²) in [6.45, 7) is 7.74. The van der Waals surface area contributed by atoms with Gasteiger partial charge >= 0.3 is 11.9 Å². The van der Waals surface area contributed by atoms with Crippen molar-refractivity contribution in [3.8, 4) is 0 Å². The number of carboxylic acids is 1. The molecule has 1 rings (SSSR count). The van der Waals surface area contributed by atoms with Crippen molar-refractivity contribution in [1.29, 1.82) is 0 Å². The monoisotopic (exact) mass is 697 g/mol. The lowest BCUT2D eigenvalue weighted by Crippen LogP contribution is -2.26. The Balaban J connectivity index is 2.00. The molecule has 0 aromatic heterocycles. The molecule has 282 valence electrons. The van der Waals surface area contributed by atoms with Crippen LogP contribution >= 0.6 is 0 Å². The second-order valence-corrected chi connectivity index (χ2v) is 13.9. The molecule has 0 radical (unpaired) electrons. The van der Waals surface area contributed by atoms with Crippen molar-refractivity contribution in [1.82, 2.24) is 10.6 Å². The van der Waals surface area contributed by atoms with Crippen molar-refractivity contribution in [2.45, 2.75) is 162 Å². The molecule has 8 nitrogen and oxygen atoms in total. The predicted octanol–water partition coefficient (Wildman–Crippen LogP) is 10.3. The first-order valence-corrected chi connectivity index (χ1v) is 19.5. The third kappa shape index (κ3) is 25.5. The average Bonchev–Trinajstić information content (AvgIpc) is 3.08. The number of nitrogens with one attached hydrogen (secondary N) is 2. The van der Waals surface area contributed by atoms with Gasteiger partial charge in [0.25, 0.3) is 5.91 Å². The molecule has 8 heteroatoms. The molecule has 0 heterocycles. The van der Waals surface area contributed by atoms with E-state index in [1.807, 2.05) is 13.0 Å². The third-order valence-corrected chi connectivity index (χ3v) is 8.88. The molecule has 2 amide bonds. The number of allylic oxidation sites excluding steroid dienone is 3. The zero-order chi connectivity index (χ0) is 36.7. The Morgan fingerprint density at radius 1 is 0.600 bits per heavy atom. The largest absolute Gasteiger partial charge is 0.481 e. The first-order chi connectivity index (χ1) is 24.2. The number of hydrogen-bond acceptors (Lipinski definition) is 5. The highest BCUT2D eigenvalue weighted by molar-refractivity contribution is 6.05. The molecule has 0 spiro atoms. The van der Waals surface area contributed by atoms with Gasteiger partial charge in [-0.15, -0.1) is 0 Å². The minimum Gasteiger partial charge on any atom is -0.481 e. The summed E-state index contributed by atoms with van der Waals surface area (Å²) in [7, 11) is 0. The lowest BCUT2D eigenvalue weighted by molar-refractivity contribution is -0.137. The summed E-state index contributed by atoms with van der Waals surface area (Å²) in [6.07, 6.45) is 26.7. The lowest BCUT2D eigenvalue weighted by Gasteiger charge is -2.10. The van der Waals surface area contributed by atoms with Crippen LogP contribution in [0.15, 0.2) is 47.6 Å². The van der Waals surface area contributed by atoms with Gasteiger partial charge in [-0.3, -0.25) is 14.4 Å². The van der Waals surface area contributed by atoms with E-state index in [1.165, 1.54) is 56.1 Å². The fourth-order valence-corrected chi connectivity index (χ4v) is 5.79. The van der Waals surface area contributed by atoms with Crippen LogP contribution in [0, 0.1) is 0 Å². The van der Waals surface area contributed by atoms with Crippen molar-refractivity contribution < 1.29 is 29.0 Å². The third-order valence-electron chi connectivity index (χ3n) is 8.88. The summed E-state index contributed by atoms with van der Waals surface area (Å²) in [6, 6.07) is 6.82. The molecular weight excluding hydrogens is 628 g/mol. The molecule has 0 unspecified atom stereocenters. The molecule has 0 bridgehead atoms. The Labute approximate surface area is 303 Å². The fraction of sp³-hybridized carbons (Fsp3) is 0.667. The number of carboxylic acid groups (broad SMARTS) is 1. The van der Waals surface area contributed by atoms with E-state index in [9.17, 15) is 19.2 Å². The second-order valence-electron chi connectivity index (χ2n) is 13.9. The lowest BCUT2D eigenvalue weighted by atomic mass is 10.1. The Hall–Kier alpha value is -3.42. The molecule has 3 N–H and O–H groups in total. The number of amides is 2. The smallest absolute Gasteiger partial charge is 0.339 e. The zero-order valence-corrected chi connectivity index (χ0v) is 31.6. The highest BCUT2D eigenvalue weighted by atomic mass is 16.5. The fourth-order valence-electron chi connectivity index (χ4n) is 5.79. The number of rotatable bonds is 31. The number of carbonyl (C=O) groups is 4. The van der Waals surface area contributed by atoms with Crippen LogP contribution in [-0.4, -0.2) is 48.6 Å². The van der Waals surface area contributed by atoms with Crippen LogP contribution in [0.4, 0.5) is 0 Å². The van der Waals surface area contributed by atoms with Gasteiger partial charge in [-0.05, 0) is 77.5 Å². The van der Waals surface area contributed by atoms with Gasteiger partial charge < -0.3 is 20.5 Å². The summed E-state index contributed by atoms with van der Waals surface area (Å²) in [5.74, 6) is -1.25. The highest BCUT2D eigenvalue weighted by Crippen LogP contribution is 2.14. The van der Waals surface area contributed by atoms with E-state index in [0.29, 0.717) is 24.1 Å². The van der Waals surface area contributed by atoms with Crippen LogP contribution in [0.3, 0.4) is 0 Å². The molecule has 0 saturated carbocycles. The van der Waals surface area contributed by atoms with Gasteiger partial charge in [0.1, 0.15) is 6.61 Å². The molecular formula is C42H68N2O6. The maximum atomic E-state index is 12.8. The summed E-state index contributed by atoms with van der Waals surface area (Å²) >= 11 is 0. The number of ether oxygens (including phenoxy) is 1. The molecule has 0 fully saturated rings. The number of aliphatic carboxylic acids is 1. The average molecular weight is 697 g/mol. The van der Waals surface area contributed by atoms with Gasteiger partial charge in [-0.1, -0.05) is 119 Å². The van der Waals surface area contributed by atoms with Crippen molar-refractivity contribution in [2.24, 2.45) is 0 Å². The van der Waals surface area contributed by atoms with Crippen LogP contribution in [0.5, 0.6) is 0 Å². The van der Waals surface area contributed by atoms with Crippen LogP contribution in [-0.2, 0) is 14.3 Å². The number of carbonyl (C=O) groups excluding carboxylic acids is 3. The van der Waals surface area contributed by atoms with E-state index in [0.717, 1.165) is 90.0 Å². The van der Waals surface area contributed by atoms with E-state index in [2.05, 4.69) is 30.6 Å². The summed E-state index contributed by atoms with van der Waals surface area (Å²) in [5, 5.41) is 14.7. The number of benzene rings is 1. The first-order valence-electron chi connectivity index (χ1n) is 19.5. The second kappa shape index (κ2) is 30.4. The van der Waals surface area contributed by atoms with Crippen LogP contribution in [0.25, 0.3) is 0 Å². The highest BCUT2D eigenvalue weighted by Gasteiger charge is 2.17.